The molecule has 0 saturated heterocycles. The van der Waals surface area contributed by atoms with Gasteiger partial charge in [-0.05, 0) is 12.1 Å². The fourth-order valence-electron chi connectivity index (χ4n) is 0.850. The van der Waals surface area contributed by atoms with Gasteiger partial charge in [0.15, 0.2) is 0 Å². The van der Waals surface area contributed by atoms with Crippen LogP contribution < -0.4 is 10.5 Å². The molecule has 0 aliphatic carbocycles. The quantitative estimate of drug-likeness (QED) is 0.836. The lowest BCUT2D eigenvalue weighted by Gasteiger charge is -2.11. The van der Waals surface area contributed by atoms with E-state index in [2.05, 4.69) is 0 Å². The van der Waals surface area contributed by atoms with Crippen molar-refractivity contribution in [2.75, 3.05) is 13.2 Å². The Morgan fingerprint density at radius 1 is 1.43 bits per heavy atom. The summed E-state index contributed by atoms with van der Waals surface area (Å²) in [6.45, 7) is 0.259. The maximum atomic E-state index is 9.15. The molecular formula is C9H11Cl2NO2. The average Bonchev–Trinajstić information content (AvgIpc) is 2.20. The first kappa shape index (κ1) is 11.6. The molecule has 1 aromatic carbocycles. The van der Waals surface area contributed by atoms with E-state index in [-0.39, 0.29) is 13.2 Å². The van der Waals surface area contributed by atoms with Crippen LogP contribution in [0.3, 0.4) is 0 Å². The zero-order valence-electron chi connectivity index (χ0n) is 7.41. The summed E-state index contributed by atoms with van der Waals surface area (Å²) in [5.41, 5.74) is 5.22. The minimum absolute atomic E-state index is 0.108. The minimum Gasteiger partial charge on any atom is -0.489 e. The third kappa shape index (κ3) is 3.03. The van der Waals surface area contributed by atoms with Gasteiger partial charge >= 0.3 is 0 Å². The van der Waals surface area contributed by atoms with Crippen molar-refractivity contribution in [1.82, 2.24) is 0 Å². The number of nitrogens with two attached hydrogens (primary N) is 1. The molecular weight excluding hydrogens is 225 g/mol. The third-order valence-electron chi connectivity index (χ3n) is 1.62. The number of aliphatic hydroxyl groups excluding tert-OH is 1. The highest BCUT2D eigenvalue weighted by Gasteiger charge is 2.07. The molecule has 0 saturated carbocycles. The fraction of sp³-hybridized carbons (Fsp3) is 0.333. The largest absolute Gasteiger partial charge is 0.489 e. The Hall–Kier alpha value is -0.480. The smallest absolute Gasteiger partial charge is 0.139 e. The summed E-state index contributed by atoms with van der Waals surface area (Å²) in [5, 5.41) is 9.92. The van der Waals surface area contributed by atoms with Gasteiger partial charge in [-0.2, -0.15) is 0 Å². The Balaban J connectivity index is 2.63. The molecule has 0 aromatic heterocycles. The highest BCUT2D eigenvalue weighted by Crippen LogP contribution is 2.31. The summed E-state index contributed by atoms with van der Waals surface area (Å²) < 4.78 is 5.22. The number of ether oxygens (including phenoxy) is 1. The predicted molar refractivity (Wildman–Crippen MR) is 57.0 cm³/mol. The van der Waals surface area contributed by atoms with Gasteiger partial charge in [0.05, 0.1) is 5.02 Å². The summed E-state index contributed by atoms with van der Waals surface area (Å²) in [6.07, 6.45) is -0.690. The van der Waals surface area contributed by atoms with E-state index in [1.807, 2.05) is 0 Å². The van der Waals surface area contributed by atoms with Crippen LogP contribution in [0, 0.1) is 0 Å². The molecule has 0 radical (unpaired) electrons. The monoisotopic (exact) mass is 235 g/mol. The van der Waals surface area contributed by atoms with Gasteiger partial charge in [0.25, 0.3) is 0 Å². The standard InChI is InChI=1S/C9H11Cl2NO2/c10-7-2-1-3-8(9(7)11)14-5-6(13)4-12/h1-3,6,13H,4-5,12H2/t6-/m1/s1. The number of hydrogen-bond acceptors (Lipinski definition) is 3. The second kappa shape index (κ2) is 5.41. The Morgan fingerprint density at radius 2 is 2.14 bits per heavy atom. The molecule has 0 fully saturated rings. The fourth-order valence-corrected chi connectivity index (χ4v) is 1.20. The first-order valence-electron chi connectivity index (χ1n) is 4.10. The van der Waals surface area contributed by atoms with Gasteiger partial charge in [-0.3, -0.25) is 0 Å². The van der Waals surface area contributed by atoms with Crippen LogP contribution in [0.4, 0.5) is 0 Å². The second-order valence-corrected chi connectivity index (χ2v) is 3.54. The highest BCUT2D eigenvalue weighted by molar-refractivity contribution is 6.42. The molecule has 3 N–H and O–H groups in total. The van der Waals surface area contributed by atoms with Crippen LogP contribution in [-0.4, -0.2) is 24.4 Å². The van der Waals surface area contributed by atoms with Crippen molar-refractivity contribution >= 4 is 23.2 Å². The number of benzene rings is 1. The maximum Gasteiger partial charge on any atom is 0.139 e. The summed E-state index contributed by atoms with van der Waals surface area (Å²) >= 11 is 11.6. The Bertz CT molecular complexity index is 307. The van der Waals surface area contributed by atoms with Crippen molar-refractivity contribution in [3.8, 4) is 5.75 Å². The summed E-state index contributed by atoms with van der Waals surface area (Å²) in [7, 11) is 0. The van der Waals surface area contributed by atoms with Gasteiger partial charge in [-0.15, -0.1) is 0 Å². The van der Waals surface area contributed by atoms with Gasteiger partial charge in [-0.25, -0.2) is 0 Å². The van der Waals surface area contributed by atoms with Gasteiger partial charge < -0.3 is 15.6 Å². The van der Waals surface area contributed by atoms with Crippen molar-refractivity contribution in [2.24, 2.45) is 5.73 Å². The van der Waals surface area contributed by atoms with Crippen LogP contribution in [0.15, 0.2) is 18.2 Å². The number of halogens is 2. The van der Waals surface area contributed by atoms with Gasteiger partial charge in [0, 0.05) is 6.54 Å². The molecule has 0 heterocycles. The molecule has 5 heteroatoms. The van der Waals surface area contributed by atoms with E-state index in [1.54, 1.807) is 18.2 Å². The average molecular weight is 236 g/mol. The summed E-state index contributed by atoms with van der Waals surface area (Å²) in [4.78, 5) is 0. The van der Waals surface area contributed by atoms with Crippen molar-refractivity contribution in [3.63, 3.8) is 0 Å². The lowest BCUT2D eigenvalue weighted by Crippen LogP contribution is -2.26. The normalized spacial score (nSPS) is 12.6. The Labute approximate surface area is 92.4 Å². The molecule has 78 valence electrons. The molecule has 3 nitrogen and oxygen atoms in total. The Kier molecular flexibility index (Phi) is 4.48. The van der Waals surface area contributed by atoms with Crippen molar-refractivity contribution in [2.45, 2.75) is 6.10 Å². The lowest BCUT2D eigenvalue weighted by molar-refractivity contribution is 0.114. The van der Waals surface area contributed by atoms with Gasteiger partial charge in [0.2, 0.25) is 0 Å². The topological polar surface area (TPSA) is 55.5 Å². The summed E-state index contributed by atoms with van der Waals surface area (Å²) in [6, 6.07) is 5.06. The lowest BCUT2D eigenvalue weighted by atomic mass is 10.3. The van der Waals surface area contributed by atoms with E-state index >= 15 is 0 Å². The zero-order chi connectivity index (χ0) is 10.6. The number of hydrogen-bond donors (Lipinski definition) is 2. The van der Waals surface area contributed by atoms with Crippen molar-refractivity contribution in [3.05, 3.63) is 28.2 Å². The third-order valence-corrected chi connectivity index (χ3v) is 2.42. The van der Waals surface area contributed by atoms with Crippen molar-refractivity contribution < 1.29 is 9.84 Å². The SMILES string of the molecule is NC[C@@H](O)COc1cccc(Cl)c1Cl. The van der Waals surface area contributed by atoms with Crippen LogP contribution in [-0.2, 0) is 0 Å². The second-order valence-electron chi connectivity index (χ2n) is 2.75. The first-order chi connectivity index (χ1) is 6.65. The molecule has 1 atom stereocenters. The first-order valence-corrected chi connectivity index (χ1v) is 4.85. The summed E-state index contributed by atoms with van der Waals surface area (Å²) in [5.74, 6) is 0.451. The van der Waals surface area contributed by atoms with Gasteiger partial charge in [-0.1, -0.05) is 29.3 Å². The van der Waals surface area contributed by atoms with Crippen LogP contribution >= 0.6 is 23.2 Å². The van der Waals surface area contributed by atoms with Crippen LogP contribution in [0.2, 0.25) is 10.0 Å². The molecule has 1 aromatic rings. The van der Waals surface area contributed by atoms with E-state index < -0.39 is 6.10 Å². The van der Waals surface area contributed by atoms with Crippen LogP contribution in [0.5, 0.6) is 5.75 Å². The van der Waals surface area contributed by atoms with E-state index in [0.29, 0.717) is 15.8 Å². The highest BCUT2D eigenvalue weighted by atomic mass is 35.5. The molecule has 0 unspecified atom stereocenters. The van der Waals surface area contributed by atoms with Crippen molar-refractivity contribution in [1.29, 1.82) is 0 Å². The molecule has 14 heavy (non-hydrogen) atoms. The molecule has 0 aliphatic rings. The van der Waals surface area contributed by atoms with E-state index in [4.69, 9.17) is 38.8 Å². The molecule has 0 amide bonds. The minimum atomic E-state index is -0.690. The molecule has 0 spiro atoms. The molecule has 1 rings (SSSR count). The predicted octanol–water partition coefficient (Wildman–Crippen LogP) is 1.69. The van der Waals surface area contributed by atoms with Crippen LogP contribution in [0.1, 0.15) is 0 Å². The molecule has 0 bridgehead atoms. The van der Waals surface area contributed by atoms with E-state index in [9.17, 15) is 0 Å². The van der Waals surface area contributed by atoms with Gasteiger partial charge in [0.1, 0.15) is 23.5 Å². The number of rotatable bonds is 4. The van der Waals surface area contributed by atoms with E-state index in [1.165, 1.54) is 0 Å². The van der Waals surface area contributed by atoms with Crippen LogP contribution in [0.25, 0.3) is 0 Å². The maximum absolute atomic E-state index is 9.15. The number of aliphatic hydroxyl groups is 1. The zero-order valence-corrected chi connectivity index (χ0v) is 8.92. The molecule has 0 aliphatic heterocycles. The van der Waals surface area contributed by atoms with E-state index in [0.717, 1.165) is 0 Å². The Morgan fingerprint density at radius 3 is 2.79 bits per heavy atom.